The first-order valence-electron chi connectivity index (χ1n) is 21.7. The van der Waals surface area contributed by atoms with Gasteiger partial charge in [0, 0.05) is 52.1 Å². The zero-order valence-corrected chi connectivity index (χ0v) is 53.9. The minimum absolute atomic E-state index is 0. The summed E-state index contributed by atoms with van der Waals surface area (Å²) < 4.78 is 15.6. The van der Waals surface area contributed by atoms with E-state index in [1.54, 1.807) is 61.8 Å². The van der Waals surface area contributed by atoms with Gasteiger partial charge in [-0.3, -0.25) is 33.6 Å². The van der Waals surface area contributed by atoms with Crippen LogP contribution in [0.5, 0.6) is 17.2 Å². The average Bonchev–Trinajstić information content (AvgIpc) is 3.39. The predicted octanol–water partition coefficient (Wildman–Crippen LogP) is 8.35. The Morgan fingerprint density at radius 3 is 1.40 bits per heavy atom. The average molecular weight is 1550 g/mol. The topological polar surface area (TPSA) is 366 Å². The number of hydrogen-bond donors (Lipinski definition) is 7. The van der Waals surface area contributed by atoms with Crippen molar-refractivity contribution in [2.75, 3.05) is 37.3 Å². The van der Waals surface area contributed by atoms with Crippen molar-refractivity contribution in [2.45, 2.75) is 40.5 Å². The Morgan fingerprint density at radius 2 is 1.05 bits per heavy atom. The number of allylic oxidation sites excluding steroid dienone is 1. The van der Waals surface area contributed by atoms with E-state index in [-0.39, 0.29) is 40.2 Å². The Labute approximate surface area is 503 Å². The molecule has 3 amide bonds. The number of rotatable bonds is 11. The van der Waals surface area contributed by atoms with Crippen molar-refractivity contribution in [3.8, 4) is 35.5 Å². The van der Waals surface area contributed by atoms with Gasteiger partial charge in [-0.05, 0) is 111 Å². The van der Waals surface area contributed by atoms with E-state index in [0.29, 0.717) is 73.3 Å². The Kier molecular flexibility index (Phi) is 32.8. The van der Waals surface area contributed by atoms with Crippen LogP contribution in [0.25, 0.3) is 12.2 Å². The standard InChI is InChI=1S/C19H18N4O3.2C13H12N2O3.C6H8N2O.CH3I.CH3.3HI.V/c1-9-8-22-19(25)16-15(14(18(21)24)10(2)23-17(9)16)12-5-4-11(7-20)6-13(12)26-3;2*1-8(16)11(13(15)17)6-10-4-3-9(7-14)5-12(10)18-2;1-4-3-8-6(9)2-5(4)7;1-2;;;;;/h4-6,8,15,23H,1-3H3,(H2,21,24)(H,22,25);2*3-6H,1-2H3,(H2,15,17);2-3H,1H3,(H3,7,8,9);1H3;1H3;3*1H;/q;;;;;-1;;;;+3/p-3/b;11-6+;11-6-;;;;;;;. The molecule has 0 saturated heterocycles. The number of nitrogens with one attached hydrogen (secondary N) is 3. The van der Waals surface area contributed by atoms with Crippen molar-refractivity contribution >= 4 is 135 Å². The molecule has 412 valence electrons. The predicted molar refractivity (Wildman–Crippen MR) is 333 cm³/mol. The molecule has 1 atom stereocenters. The number of ether oxygens (including phenoxy) is 3. The number of ketones is 2. The molecule has 2 aromatic heterocycles. The number of nitrogens with two attached hydrogens (primary N) is 4. The first kappa shape index (κ1) is 71.5. The minimum atomic E-state index is -0.797. The first-order chi connectivity index (χ1) is 36.3. The van der Waals surface area contributed by atoms with Crippen LogP contribution in [-0.2, 0) is 28.9 Å². The Hall–Kier alpha value is -6.50. The number of benzene rings is 3. The third-order valence-corrected chi connectivity index (χ3v) is 10.3. The molecule has 0 aliphatic carbocycles. The first-order valence-corrected chi connectivity index (χ1v) is 37.4. The number of aryl methyl sites for hydroxylation is 2. The number of anilines is 2. The van der Waals surface area contributed by atoms with Crippen LogP contribution in [0.15, 0.2) is 105 Å². The van der Waals surface area contributed by atoms with Crippen LogP contribution >= 0.6 is 82.5 Å². The normalized spacial score (nSPS) is 11.8. The SMILES string of the molecule is CI.COc1cc(C#N)ccc1/C=C(/C(C)=O)C(N)=O.COc1cc(C#N)ccc1/C=C(\C(C)=O)C(N)=O.COc1cc(C#N)ccc1C1C(C(N)=O)=C(C)Nc2c(C)c[nH]c(=O)c21.Cc1c[nH]c(=O)cc1N.[CH3-].[I][V]([I])[I]. The number of aromatic nitrogens is 2. The van der Waals surface area contributed by atoms with Crippen molar-refractivity contribution < 1.29 is 43.1 Å². The Balaban J connectivity index is 0.00000102. The molecule has 1 aliphatic rings. The monoisotopic (exact) mass is 1550 g/mol. The van der Waals surface area contributed by atoms with Crippen LogP contribution in [-0.4, -0.2) is 65.5 Å². The van der Waals surface area contributed by atoms with Gasteiger partial charge in [-0.15, -0.1) is 0 Å². The maximum absolute atomic E-state index is 12.6. The summed E-state index contributed by atoms with van der Waals surface area (Å²) in [7, 11) is 4.35. The van der Waals surface area contributed by atoms with Gasteiger partial charge in [0.2, 0.25) is 11.5 Å². The van der Waals surface area contributed by atoms with E-state index < -0.39 is 35.2 Å². The second-order valence-electron chi connectivity index (χ2n) is 15.3. The van der Waals surface area contributed by atoms with Crippen LogP contribution < -0.4 is 53.6 Å². The van der Waals surface area contributed by atoms with E-state index in [4.69, 9.17) is 52.9 Å². The summed E-state index contributed by atoms with van der Waals surface area (Å²) in [4.78, 5) is 86.9. The van der Waals surface area contributed by atoms with Gasteiger partial charge < -0.3 is 59.9 Å². The number of carbonyl (C=O) groups excluding carboxylic acids is 5. The van der Waals surface area contributed by atoms with Gasteiger partial charge in [-0.2, -0.15) is 15.8 Å². The zero-order chi connectivity index (χ0) is 58.9. The fourth-order valence-electron chi connectivity index (χ4n) is 6.73. The number of amides is 3. The van der Waals surface area contributed by atoms with E-state index in [2.05, 4.69) is 104 Å². The van der Waals surface area contributed by atoms with Gasteiger partial charge in [-0.25, -0.2) is 0 Å². The number of nitrogen functional groups attached to an aromatic ring is 1. The van der Waals surface area contributed by atoms with E-state index >= 15 is 0 Å². The number of halogens is 4. The molecule has 20 nitrogen and oxygen atoms in total. The molecular formula is C53H56I4N10O10V-. The van der Waals surface area contributed by atoms with Gasteiger partial charge in [-0.1, -0.05) is 28.7 Å². The van der Waals surface area contributed by atoms with Gasteiger partial charge in [0.05, 0.1) is 84.5 Å². The van der Waals surface area contributed by atoms with Gasteiger partial charge in [0.15, 0.2) is 11.6 Å². The molecule has 0 saturated carbocycles. The third-order valence-electron chi connectivity index (χ3n) is 10.3. The van der Waals surface area contributed by atoms with Crippen LogP contribution in [0, 0.1) is 55.3 Å². The molecule has 25 heteroatoms. The van der Waals surface area contributed by atoms with Crippen molar-refractivity contribution in [3.05, 3.63) is 174 Å². The fourth-order valence-corrected chi connectivity index (χ4v) is 6.73. The zero-order valence-electron chi connectivity index (χ0n) is 43.9. The number of fused-ring (bicyclic) bond motifs is 1. The quantitative estimate of drug-likeness (QED) is 0.0163. The van der Waals surface area contributed by atoms with Gasteiger partial charge in [0.25, 0.3) is 17.4 Å². The molecule has 1 aliphatic heterocycles. The van der Waals surface area contributed by atoms with E-state index in [0.717, 1.165) is 11.1 Å². The summed E-state index contributed by atoms with van der Waals surface area (Å²) >= 11 is 9.54. The molecule has 11 N–H and O–H groups in total. The molecule has 0 radical (unpaired) electrons. The van der Waals surface area contributed by atoms with Crippen molar-refractivity contribution in [3.63, 3.8) is 0 Å². The Bertz CT molecular complexity index is 3220. The van der Waals surface area contributed by atoms with Crippen LogP contribution in [0.3, 0.4) is 0 Å². The fraction of sp³-hybridized carbons (Fsp3) is 0.189. The molecule has 0 spiro atoms. The number of nitriles is 3. The van der Waals surface area contributed by atoms with Gasteiger partial charge in [0.1, 0.15) is 17.2 Å². The number of aromatic amines is 2. The van der Waals surface area contributed by atoms with E-state index in [1.807, 2.05) is 30.9 Å². The molecule has 3 aromatic carbocycles. The summed E-state index contributed by atoms with van der Waals surface area (Å²) in [5.41, 5.74) is 27.6. The molecule has 5 aromatic rings. The molecule has 6 rings (SSSR count). The summed E-state index contributed by atoms with van der Waals surface area (Å²) in [5, 5.41) is 29.8. The van der Waals surface area contributed by atoms with Crippen LogP contribution in [0.2, 0.25) is 0 Å². The van der Waals surface area contributed by atoms with Crippen LogP contribution in [0.1, 0.15) is 76.8 Å². The number of Topliss-reactive ketones (excluding diaryl/α,β-unsaturated/α-hetero) is 2. The Morgan fingerprint density at radius 1 is 0.654 bits per heavy atom. The number of nitrogens with zero attached hydrogens (tertiary/aromatic N) is 3. The summed E-state index contributed by atoms with van der Waals surface area (Å²) in [6.07, 6.45) is 5.91. The summed E-state index contributed by atoms with van der Waals surface area (Å²) in [5.74, 6) is -2.56. The molecule has 1 unspecified atom stereocenters. The van der Waals surface area contributed by atoms with Crippen molar-refractivity contribution in [1.29, 1.82) is 15.8 Å². The van der Waals surface area contributed by atoms with Gasteiger partial charge >= 0.3 is 64.9 Å². The molecule has 3 heterocycles. The van der Waals surface area contributed by atoms with Crippen LogP contribution in [0.4, 0.5) is 11.4 Å². The number of carbonyl (C=O) groups is 5. The molecule has 0 bridgehead atoms. The van der Waals surface area contributed by atoms with Crippen molar-refractivity contribution in [1.82, 2.24) is 9.97 Å². The summed E-state index contributed by atoms with van der Waals surface area (Å²) in [6, 6.07) is 21.6. The number of H-pyrrole nitrogens is 2. The number of alkyl halides is 1. The molecule has 78 heavy (non-hydrogen) atoms. The maximum atomic E-state index is 12.6. The second kappa shape index (κ2) is 35.8. The summed E-state index contributed by atoms with van der Waals surface area (Å²) in [6.45, 7) is 7.95. The second-order valence-corrected chi connectivity index (χ2v) is 50.7. The van der Waals surface area contributed by atoms with E-state index in [9.17, 15) is 33.6 Å². The molecular weight excluding hydrogens is 1500 g/mol. The number of pyridine rings is 2. The van der Waals surface area contributed by atoms with E-state index in [1.165, 1.54) is 65.5 Å². The number of primary amides is 3. The number of hydrogen-bond acceptors (Lipinski definition) is 15. The third kappa shape index (κ3) is 21.7. The van der Waals surface area contributed by atoms with Crippen molar-refractivity contribution in [2.24, 2.45) is 17.2 Å². The molecule has 0 fully saturated rings. The number of methoxy groups -OCH3 is 3.